The van der Waals surface area contributed by atoms with Crippen molar-refractivity contribution in [1.82, 2.24) is 9.97 Å². The van der Waals surface area contributed by atoms with Crippen molar-refractivity contribution in [2.45, 2.75) is 12.6 Å². The van der Waals surface area contributed by atoms with Crippen LogP contribution < -0.4 is 5.56 Å². The van der Waals surface area contributed by atoms with Gasteiger partial charge in [-0.15, -0.1) is 11.3 Å². The third-order valence-corrected chi connectivity index (χ3v) is 4.36. The number of aromatic amines is 1. The van der Waals surface area contributed by atoms with Crippen LogP contribution in [0.1, 0.15) is 26.6 Å². The average molecular weight is 354 g/mol. The standard InChI is InChI=1S/C15H9F3N2O3S/c16-15(17,18)9-4-2-1-3-7(9)5-11-19-12(21)8-6-10(14(22)23)24-13(8)20-11/h1-4,6H,5H2,(H,22,23)(H,19,20,21). The molecule has 0 fully saturated rings. The van der Waals surface area contributed by atoms with Gasteiger partial charge in [0.2, 0.25) is 0 Å². The number of carboxylic acids is 1. The number of H-pyrrole nitrogens is 1. The van der Waals surface area contributed by atoms with E-state index >= 15 is 0 Å². The lowest BCUT2D eigenvalue weighted by Gasteiger charge is -2.12. The quantitative estimate of drug-likeness (QED) is 0.756. The van der Waals surface area contributed by atoms with Gasteiger partial charge in [0.1, 0.15) is 15.5 Å². The Morgan fingerprint density at radius 2 is 2.00 bits per heavy atom. The van der Waals surface area contributed by atoms with Crippen LogP contribution in [-0.2, 0) is 12.6 Å². The molecular weight excluding hydrogens is 345 g/mol. The van der Waals surface area contributed by atoms with Gasteiger partial charge in [0.05, 0.1) is 10.9 Å². The highest BCUT2D eigenvalue weighted by atomic mass is 32.1. The van der Waals surface area contributed by atoms with Crippen molar-refractivity contribution in [3.63, 3.8) is 0 Å². The Bertz CT molecular complexity index is 992. The second-order valence-electron chi connectivity index (χ2n) is 4.98. The predicted octanol–water partition coefficient (Wildman–Crippen LogP) is 3.29. The molecule has 0 amide bonds. The molecule has 124 valence electrons. The van der Waals surface area contributed by atoms with Crippen molar-refractivity contribution >= 4 is 27.5 Å². The minimum atomic E-state index is -4.51. The topological polar surface area (TPSA) is 83.0 Å². The lowest BCUT2D eigenvalue weighted by molar-refractivity contribution is -0.138. The lowest BCUT2D eigenvalue weighted by Crippen LogP contribution is -2.14. The van der Waals surface area contributed by atoms with E-state index in [0.717, 1.165) is 17.4 Å². The van der Waals surface area contributed by atoms with E-state index in [9.17, 15) is 22.8 Å². The lowest BCUT2D eigenvalue weighted by atomic mass is 10.0. The van der Waals surface area contributed by atoms with Crippen LogP contribution >= 0.6 is 11.3 Å². The molecular formula is C15H9F3N2O3S. The number of carbonyl (C=O) groups is 1. The summed E-state index contributed by atoms with van der Waals surface area (Å²) in [5.74, 6) is -1.15. The Kier molecular flexibility index (Phi) is 3.88. The number of carboxylic acid groups (broad SMARTS) is 1. The number of rotatable bonds is 3. The van der Waals surface area contributed by atoms with E-state index in [1.165, 1.54) is 24.3 Å². The van der Waals surface area contributed by atoms with Crippen molar-refractivity contribution in [3.8, 4) is 0 Å². The van der Waals surface area contributed by atoms with Gasteiger partial charge in [-0.25, -0.2) is 9.78 Å². The molecule has 0 aliphatic carbocycles. The summed E-state index contributed by atoms with van der Waals surface area (Å²) in [7, 11) is 0. The van der Waals surface area contributed by atoms with Gasteiger partial charge >= 0.3 is 12.1 Å². The van der Waals surface area contributed by atoms with Crippen LogP contribution in [0.3, 0.4) is 0 Å². The molecule has 2 heterocycles. The fraction of sp³-hybridized carbons (Fsp3) is 0.133. The van der Waals surface area contributed by atoms with E-state index in [4.69, 9.17) is 5.11 Å². The number of aromatic nitrogens is 2. The Balaban J connectivity index is 2.06. The molecule has 0 aliphatic rings. The highest BCUT2D eigenvalue weighted by Gasteiger charge is 2.33. The number of fused-ring (bicyclic) bond motifs is 1. The number of aromatic carboxylic acids is 1. The van der Waals surface area contributed by atoms with Crippen LogP contribution in [0, 0.1) is 0 Å². The first kappa shape index (κ1) is 16.2. The first-order valence-electron chi connectivity index (χ1n) is 6.67. The van der Waals surface area contributed by atoms with Gasteiger partial charge in [-0.05, 0) is 17.7 Å². The zero-order valence-corrected chi connectivity index (χ0v) is 12.7. The van der Waals surface area contributed by atoms with Crippen LogP contribution in [-0.4, -0.2) is 21.0 Å². The molecule has 0 unspecified atom stereocenters. The normalized spacial score (nSPS) is 11.8. The number of alkyl halides is 3. The SMILES string of the molecule is O=C(O)c1cc2c(=O)[nH]c(Cc3ccccc3C(F)(F)F)nc2s1. The number of hydrogen-bond donors (Lipinski definition) is 2. The summed E-state index contributed by atoms with van der Waals surface area (Å²) in [6.45, 7) is 0. The van der Waals surface area contributed by atoms with E-state index in [2.05, 4.69) is 9.97 Å². The molecule has 9 heteroatoms. The summed E-state index contributed by atoms with van der Waals surface area (Å²) in [6, 6.07) is 6.21. The molecule has 0 atom stereocenters. The number of nitrogens with zero attached hydrogens (tertiary/aromatic N) is 1. The molecule has 0 bridgehead atoms. The Hall–Kier alpha value is -2.68. The molecule has 5 nitrogen and oxygen atoms in total. The third-order valence-electron chi connectivity index (χ3n) is 3.34. The number of benzene rings is 1. The maximum atomic E-state index is 13.0. The van der Waals surface area contributed by atoms with E-state index in [1.54, 1.807) is 0 Å². The van der Waals surface area contributed by atoms with Crippen LogP contribution in [0.15, 0.2) is 35.1 Å². The number of thiophene rings is 1. The predicted molar refractivity (Wildman–Crippen MR) is 81.5 cm³/mol. The molecule has 3 aromatic rings. The molecule has 1 aromatic carbocycles. The fourth-order valence-electron chi connectivity index (χ4n) is 2.30. The van der Waals surface area contributed by atoms with Gasteiger partial charge in [-0.3, -0.25) is 4.79 Å². The molecule has 24 heavy (non-hydrogen) atoms. The maximum absolute atomic E-state index is 13.0. The molecule has 3 rings (SSSR count). The summed E-state index contributed by atoms with van der Waals surface area (Å²) in [4.78, 5) is 29.6. The van der Waals surface area contributed by atoms with Crippen molar-refractivity contribution in [1.29, 1.82) is 0 Å². The molecule has 0 spiro atoms. The summed E-state index contributed by atoms with van der Waals surface area (Å²) >= 11 is 0.801. The van der Waals surface area contributed by atoms with Gasteiger partial charge in [0.15, 0.2) is 0 Å². The van der Waals surface area contributed by atoms with Gasteiger partial charge in [0.25, 0.3) is 5.56 Å². The first-order valence-corrected chi connectivity index (χ1v) is 7.48. The minimum absolute atomic E-state index is 0.0254. The van der Waals surface area contributed by atoms with E-state index in [1.807, 2.05) is 0 Å². The molecule has 2 aromatic heterocycles. The number of nitrogens with one attached hydrogen (secondary N) is 1. The van der Waals surface area contributed by atoms with E-state index in [0.29, 0.717) is 0 Å². The molecule has 0 saturated carbocycles. The Morgan fingerprint density at radius 1 is 1.29 bits per heavy atom. The van der Waals surface area contributed by atoms with E-state index < -0.39 is 23.3 Å². The summed E-state index contributed by atoms with van der Waals surface area (Å²) < 4.78 is 39.1. The summed E-state index contributed by atoms with van der Waals surface area (Å²) in [5, 5.41) is 9.05. The monoisotopic (exact) mass is 354 g/mol. The largest absolute Gasteiger partial charge is 0.477 e. The Morgan fingerprint density at radius 3 is 2.67 bits per heavy atom. The van der Waals surface area contributed by atoms with Crippen LogP contribution in [0.2, 0.25) is 0 Å². The highest BCUT2D eigenvalue weighted by Crippen LogP contribution is 2.32. The zero-order chi connectivity index (χ0) is 17.5. The number of halogens is 3. The van der Waals surface area contributed by atoms with Crippen LogP contribution in [0.4, 0.5) is 13.2 Å². The first-order chi connectivity index (χ1) is 11.3. The second kappa shape index (κ2) is 5.75. The van der Waals surface area contributed by atoms with Crippen LogP contribution in [0.25, 0.3) is 10.2 Å². The van der Waals surface area contributed by atoms with Gasteiger partial charge in [-0.1, -0.05) is 18.2 Å². The maximum Gasteiger partial charge on any atom is 0.416 e. The Labute approximate surface area is 136 Å². The summed E-state index contributed by atoms with van der Waals surface area (Å²) in [5.41, 5.74) is -1.41. The fourth-order valence-corrected chi connectivity index (χ4v) is 3.19. The van der Waals surface area contributed by atoms with Crippen molar-refractivity contribution in [3.05, 3.63) is 62.5 Å². The van der Waals surface area contributed by atoms with E-state index in [-0.39, 0.29) is 32.9 Å². The van der Waals surface area contributed by atoms with Gasteiger partial charge in [-0.2, -0.15) is 13.2 Å². The molecule has 0 radical (unpaired) electrons. The van der Waals surface area contributed by atoms with Crippen molar-refractivity contribution < 1.29 is 23.1 Å². The van der Waals surface area contributed by atoms with Crippen molar-refractivity contribution in [2.24, 2.45) is 0 Å². The molecule has 2 N–H and O–H groups in total. The van der Waals surface area contributed by atoms with Crippen molar-refractivity contribution in [2.75, 3.05) is 0 Å². The minimum Gasteiger partial charge on any atom is -0.477 e. The second-order valence-corrected chi connectivity index (χ2v) is 6.01. The van der Waals surface area contributed by atoms with Crippen LogP contribution in [0.5, 0.6) is 0 Å². The highest BCUT2D eigenvalue weighted by molar-refractivity contribution is 7.20. The zero-order valence-electron chi connectivity index (χ0n) is 11.8. The smallest absolute Gasteiger partial charge is 0.416 e. The van der Waals surface area contributed by atoms with Gasteiger partial charge in [0, 0.05) is 6.42 Å². The average Bonchev–Trinajstić information content (AvgIpc) is 2.91. The third kappa shape index (κ3) is 3.02. The molecule has 0 aliphatic heterocycles. The van der Waals surface area contributed by atoms with Gasteiger partial charge < -0.3 is 10.1 Å². The summed E-state index contributed by atoms with van der Waals surface area (Å²) in [6.07, 6.45) is -4.73. The number of hydrogen-bond acceptors (Lipinski definition) is 4. The molecule has 0 saturated heterocycles.